The van der Waals surface area contributed by atoms with Crippen molar-refractivity contribution >= 4 is 27.5 Å². The first kappa shape index (κ1) is 18.0. The highest BCUT2D eigenvalue weighted by molar-refractivity contribution is 6.01. The van der Waals surface area contributed by atoms with Gasteiger partial charge in [0.1, 0.15) is 11.3 Å². The molecule has 0 spiro atoms. The molecule has 0 aliphatic rings. The number of fused-ring (bicyclic) bond motifs is 2. The van der Waals surface area contributed by atoms with E-state index >= 15 is 0 Å². The molecule has 0 radical (unpaired) electrons. The average molecular weight is 372 g/mol. The van der Waals surface area contributed by atoms with Crippen molar-refractivity contribution in [2.24, 2.45) is 0 Å². The fourth-order valence-electron chi connectivity index (χ4n) is 3.45. The maximum Gasteiger partial charge on any atom is 0.336 e. The van der Waals surface area contributed by atoms with Gasteiger partial charge in [0.25, 0.3) is 0 Å². The molecule has 28 heavy (non-hydrogen) atoms. The van der Waals surface area contributed by atoms with Gasteiger partial charge in [0.05, 0.1) is 0 Å². The Morgan fingerprint density at radius 1 is 1.00 bits per heavy atom. The number of benzene rings is 3. The molecule has 4 aromatic rings. The zero-order chi connectivity index (χ0) is 19.7. The van der Waals surface area contributed by atoms with Gasteiger partial charge < -0.3 is 9.15 Å². The van der Waals surface area contributed by atoms with Crippen molar-refractivity contribution in [3.63, 3.8) is 0 Å². The summed E-state index contributed by atoms with van der Waals surface area (Å²) in [5.74, 6) is 0.437. The van der Waals surface area contributed by atoms with E-state index < -0.39 is 0 Å². The maximum absolute atomic E-state index is 12.6. The molecule has 0 bridgehead atoms. The number of ketones is 1. The zero-order valence-corrected chi connectivity index (χ0v) is 15.8. The molecule has 0 atom stereocenters. The molecule has 0 aliphatic carbocycles. The summed E-state index contributed by atoms with van der Waals surface area (Å²) in [6.45, 7) is 3.75. The fraction of sp³-hybridized carbons (Fsp3) is 0.167. The predicted octanol–water partition coefficient (Wildman–Crippen LogP) is 5.08. The Morgan fingerprint density at radius 2 is 1.79 bits per heavy atom. The van der Waals surface area contributed by atoms with Crippen LogP contribution >= 0.6 is 0 Å². The third-order valence-corrected chi connectivity index (χ3v) is 5.01. The standard InChI is InChI=1S/C24H20O4/c1-3-16-13-23(26)28-24-15(2)22(11-10-20(16)24)27-14-21(25)19-9-8-17-6-4-5-7-18(17)12-19/h4-13H,3,14H2,1-2H3. The second-order valence-corrected chi connectivity index (χ2v) is 6.78. The number of Topliss-reactive ketones (excluding diaryl/α,β-unsaturated/α-hetero) is 1. The lowest BCUT2D eigenvalue weighted by Gasteiger charge is -2.12. The third-order valence-electron chi connectivity index (χ3n) is 5.01. The summed E-state index contributed by atoms with van der Waals surface area (Å²) >= 11 is 0. The highest BCUT2D eigenvalue weighted by atomic mass is 16.5. The van der Waals surface area contributed by atoms with Gasteiger partial charge in [0.2, 0.25) is 0 Å². The Balaban J connectivity index is 1.60. The number of ether oxygens (including phenoxy) is 1. The Hall–Kier alpha value is -3.40. The minimum absolute atomic E-state index is 0.0810. The van der Waals surface area contributed by atoms with Gasteiger partial charge in [-0.15, -0.1) is 0 Å². The van der Waals surface area contributed by atoms with Gasteiger partial charge in [-0.2, -0.15) is 0 Å². The molecule has 1 heterocycles. The molecule has 0 amide bonds. The monoisotopic (exact) mass is 372 g/mol. The topological polar surface area (TPSA) is 56.5 Å². The summed E-state index contributed by atoms with van der Waals surface area (Å²) in [4.78, 5) is 24.4. The molecule has 4 rings (SSSR count). The minimum atomic E-state index is -0.378. The second kappa shape index (κ2) is 7.31. The largest absolute Gasteiger partial charge is 0.485 e. The van der Waals surface area contributed by atoms with Gasteiger partial charge in [0.15, 0.2) is 12.4 Å². The van der Waals surface area contributed by atoms with Crippen LogP contribution in [-0.2, 0) is 6.42 Å². The lowest BCUT2D eigenvalue weighted by atomic mass is 10.0. The van der Waals surface area contributed by atoms with Gasteiger partial charge in [-0.05, 0) is 47.9 Å². The fourth-order valence-corrected chi connectivity index (χ4v) is 3.45. The molecule has 0 N–H and O–H groups in total. The van der Waals surface area contributed by atoms with E-state index in [9.17, 15) is 9.59 Å². The van der Waals surface area contributed by atoms with Gasteiger partial charge in [-0.3, -0.25) is 4.79 Å². The van der Waals surface area contributed by atoms with Crippen molar-refractivity contribution in [1.82, 2.24) is 0 Å². The van der Waals surface area contributed by atoms with Crippen molar-refractivity contribution in [1.29, 1.82) is 0 Å². The zero-order valence-electron chi connectivity index (χ0n) is 15.8. The van der Waals surface area contributed by atoms with E-state index in [0.29, 0.717) is 16.9 Å². The van der Waals surface area contributed by atoms with E-state index in [0.717, 1.165) is 33.7 Å². The highest BCUT2D eigenvalue weighted by Crippen LogP contribution is 2.29. The van der Waals surface area contributed by atoms with Crippen LogP contribution in [0.1, 0.15) is 28.4 Å². The van der Waals surface area contributed by atoms with E-state index in [2.05, 4.69) is 0 Å². The summed E-state index contributed by atoms with van der Waals surface area (Å²) in [7, 11) is 0. The first-order valence-electron chi connectivity index (χ1n) is 9.28. The molecular weight excluding hydrogens is 352 g/mol. The van der Waals surface area contributed by atoms with Gasteiger partial charge in [0, 0.05) is 22.6 Å². The van der Waals surface area contributed by atoms with Crippen molar-refractivity contribution in [2.45, 2.75) is 20.3 Å². The molecule has 4 heteroatoms. The van der Waals surface area contributed by atoms with Crippen LogP contribution in [0.2, 0.25) is 0 Å². The Morgan fingerprint density at radius 3 is 2.57 bits per heavy atom. The first-order chi connectivity index (χ1) is 13.6. The lowest BCUT2D eigenvalue weighted by molar-refractivity contribution is 0.0921. The van der Waals surface area contributed by atoms with E-state index in [4.69, 9.17) is 9.15 Å². The van der Waals surface area contributed by atoms with Gasteiger partial charge in [-0.1, -0.05) is 43.3 Å². The molecule has 4 nitrogen and oxygen atoms in total. The van der Waals surface area contributed by atoms with Crippen molar-refractivity contribution < 1.29 is 13.9 Å². The molecular formula is C24H20O4. The first-order valence-corrected chi connectivity index (χ1v) is 9.28. The number of rotatable bonds is 5. The summed E-state index contributed by atoms with van der Waals surface area (Å²) in [5.41, 5.74) is 2.40. The molecule has 140 valence electrons. The van der Waals surface area contributed by atoms with Crippen LogP contribution in [0.5, 0.6) is 5.75 Å². The summed E-state index contributed by atoms with van der Waals surface area (Å²) in [6.07, 6.45) is 0.738. The smallest absolute Gasteiger partial charge is 0.336 e. The normalized spacial score (nSPS) is 11.1. The molecule has 3 aromatic carbocycles. The van der Waals surface area contributed by atoms with Crippen LogP contribution in [0.3, 0.4) is 0 Å². The van der Waals surface area contributed by atoms with E-state index in [-0.39, 0.29) is 18.0 Å². The maximum atomic E-state index is 12.6. The quantitative estimate of drug-likeness (QED) is 0.362. The number of carbonyl (C=O) groups is 1. The molecule has 0 aliphatic heterocycles. The minimum Gasteiger partial charge on any atom is -0.485 e. The van der Waals surface area contributed by atoms with E-state index in [1.165, 1.54) is 6.07 Å². The molecule has 0 saturated heterocycles. The van der Waals surface area contributed by atoms with E-state index in [1.807, 2.05) is 68.4 Å². The molecule has 0 saturated carbocycles. The second-order valence-electron chi connectivity index (χ2n) is 6.78. The van der Waals surface area contributed by atoms with Crippen molar-refractivity contribution in [3.8, 4) is 5.75 Å². The Kier molecular flexibility index (Phi) is 4.70. The third kappa shape index (κ3) is 3.29. The van der Waals surface area contributed by atoms with Crippen LogP contribution in [0, 0.1) is 6.92 Å². The lowest BCUT2D eigenvalue weighted by Crippen LogP contribution is -2.12. The van der Waals surface area contributed by atoms with Crippen molar-refractivity contribution in [2.75, 3.05) is 6.61 Å². The summed E-state index contributed by atoms with van der Waals surface area (Å²) < 4.78 is 11.2. The number of carbonyl (C=O) groups excluding carboxylic acids is 1. The van der Waals surface area contributed by atoms with Crippen LogP contribution in [0.25, 0.3) is 21.7 Å². The number of hydrogen-bond acceptors (Lipinski definition) is 4. The van der Waals surface area contributed by atoms with Crippen LogP contribution in [-0.4, -0.2) is 12.4 Å². The average Bonchev–Trinajstić information content (AvgIpc) is 2.72. The summed E-state index contributed by atoms with van der Waals surface area (Å²) in [5, 5.41) is 3.00. The molecule has 1 aromatic heterocycles. The highest BCUT2D eigenvalue weighted by Gasteiger charge is 2.13. The Labute approximate surface area is 162 Å². The van der Waals surface area contributed by atoms with E-state index in [1.54, 1.807) is 0 Å². The van der Waals surface area contributed by atoms with Crippen LogP contribution < -0.4 is 10.4 Å². The van der Waals surface area contributed by atoms with Gasteiger partial charge >= 0.3 is 5.63 Å². The number of aryl methyl sites for hydroxylation is 2. The van der Waals surface area contributed by atoms with Crippen molar-refractivity contribution in [3.05, 3.63) is 87.8 Å². The van der Waals surface area contributed by atoms with Gasteiger partial charge in [-0.25, -0.2) is 4.79 Å². The van der Waals surface area contributed by atoms with Crippen LogP contribution in [0.15, 0.2) is 69.9 Å². The Bertz CT molecular complexity index is 1250. The predicted molar refractivity (Wildman–Crippen MR) is 110 cm³/mol. The van der Waals surface area contributed by atoms with Crippen LogP contribution in [0.4, 0.5) is 0 Å². The molecule has 0 unspecified atom stereocenters. The number of hydrogen-bond donors (Lipinski definition) is 0. The summed E-state index contributed by atoms with van der Waals surface area (Å²) in [6, 6.07) is 18.8. The molecule has 0 fully saturated rings. The SMILES string of the molecule is CCc1cc(=O)oc2c(C)c(OCC(=O)c3ccc4ccccc4c3)ccc12.